The number of H-pyrrole nitrogens is 1. The number of furan rings is 1. The summed E-state index contributed by atoms with van der Waals surface area (Å²) in [6.07, 6.45) is 4.63. The molecule has 3 aromatic carbocycles. The van der Waals surface area contributed by atoms with Gasteiger partial charge in [0.25, 0.3) is 0 Å². The van der Waals surface area contributed by atoms with E-state index in [4.69, 9.17) is 13.9 Å². The van der Waals surface area contributed by atoms with Crippen molar-refractivity contribution in [2.24, 2.45) is 0 Å². The van der Waals surface area contributed by atoms with Crippen LogP contribution in [0.2, 0.25) is 0 Å². The Bertz CT molecular complexity index is 1770. The number of nitrogens with zero attached hydrogens (tertiary/aromatic N) is 1. The van der Waals surface area contributed by atoms with Gasteiger partial charge >= 0.3 is 0 Å². The summed E-state index contributed by atoms with van der Waals surface area (Å²) in [6.45, 7) is 0.515. The van der Waals surface area contributed by atoms with Crippen molar-refractivity contribution < 1.29 is 18.7 Å². The van der Waals surface area contributed by atoms with Gasteiger partial charge in [-0.2, -0.15) is 0 Å². The minimum atomic E-state index is -0.0685. The molecule has 0 radical (unpaired) electrons. The number of carbonyl (C=O) groups is 1. The summed E-state index contributed by atoms with van der Waals surface area (Å²) in [5.74, 6) is 2.16. The monoisotopic (exact) mass is 505 g/mol. The van der Waals surface area contributed by atoms with Crippen LogP contribution in [0.5, 0.6) is 11.5 Å². The number of ether oxygens (including phenoxy) is 2. The summed E-state index contributed by atoms with van der Waals surface area (Å²) >= 11 is 0. The number of nitrogens with one attached hydrogen (secondary N) is 2. The van der Waals surface area contributed by atoms with Crippen LogP contribution < -0.4 is 14.8 Å². The van der Waals surface area contributed by atoms with Gasteiger partial charge in [-0.3, -0.25) is 9.78 Å². The first-order chi connectivity index (χ1) is 18.6. The number of fused-ring (bicyclic) bond motifs is 4. The van der Waals surface area contributed by atoms with Gasteiger partial charge in [0.1, 0.15) is 22.8 Å². The Hall–Kier alpha value is -4.78. The third-order valence-corrected chi connectivity index (χ3v) is 6.91. The lowest BCUT2D eigenvalue weighted by atomic mass is 10.0. The van der Waals surface area contributed by atoms with E-state index >= 15 is 0 Å². The molecule has 190 valence electrons. The molecule has 0 atom stereocenters. The van der Waals surface area contributed by atoms with Gasteiger partial charge in [-0.1, -0.05) is 18.2 Å². The largest absolute Gasteiger partial charge is 0.497 e. The van der Waals surface area contributed by atoms with Crippen LogP contribution in [0.25, 0.3) is 44.1 Å². The minimum absolute atomic E-state index is 0.0685. The van der Waals surface area contributed by atoms with Gasteiger partial charge in [0, 0.05) is 51.7 Å². The molecule has 7 heteroatoms. The molecule has 2 N–H and O–H groups in total. The summed E-state index contributed by atoms with van der Waals surface area (Å²) in [7, 11) is 3.29. The van der Waals surface area contributed by atoms with Crippen molar-refractivity contribution in [2.45, 2.75) is 12.8 Å². The Kier molecular flexibility index (Phi) is 6.17. The maximum Gasteiger partial charge on any atom is 0.224 e. The van der Waals surface area contributed by atoms with Crippen molar-refractivity contribution >= 4 is 38.7 Å². The van der Waals surface area contributed by atoms with Crippen molar-refractivity contribution in [1.29, 1.82) is 0 Å². The van der Waals surface area contributed by atoms with Crippen molar-refractivity contribution in [3.63, 3.8) is 0 Å². The third kappa shape index (κ3) is 4.32. The van der Waals surface area contributed by atoms with Crippen LogP contribution in [-0.4, -0.2) is 36.6 Å². The molecule has 1 amide bonds. The Balaban J connectivity index is 1.27. The fourth-order valence-electron chi connectivity index (χ4n) is 4.95. The molecule has 0 aliphatic heterocycles. The zero-order valence-electron chi connectivity index (χ0n) is 21.2. The molecule has 0 aliphatic carbocycles. The number of methoxy groups -OCH3 is 2. The summed E-state index contributed by atoms with van der Waals surface area (Å²) in [5.41, 5.74) is 5.35. The average molecular weight is 506 g/mol. The quantitative estimate of drug-likeness (QED) is 0.263. The van der Waals surface area contributed by atoms with Gasteiger partial charge in [-0.25, -0.2) is 0 Å². The fraction of sp³-hybridized carbons (Fsp3) is 0.161. The molecular weight excluding hydrogens is 478 g/mol. The zero-order valence-corrected chi connectivity index (χ0v) is 21.2. The van der Waals surface area contributed by atoms with Gasteiger partial charge in [0.15, 0.2) is 5.58 Å². The second-order valence-electron chi connectivity index (χ2n) is 9.16. The van der Waals surface area contributed by atoms with Crippen LogP contribution >= 0.6 is 0 Å². The molecule has 6 aromatic rings. The highest BCUT2D eigenvalue weighted by atomic mass is 16.5. The smallest absolute Gasteiger partial charge is 0.224 e. The number of aromatic nitrogens is 2. The van der Waals surface area contributed by atoms with Crippen molar-refractivity contribution in [3.05, 3.63) is 90.3 Å². The molecule has 0 unspecified atom stereocenters. The van der Waals surface area contributed by atoms with E-state index in [0.29, 0.717) is 24.3 Å². The second-order valence-corrected chi connectivity index (χ2v) is 9.16. The number of benzene rings is 3. The first-order valence-electron chi connectivity index (χ1n) is 12.5. The summed E-state index contributed by atoms with van der Waals surface area (Å²) in [6, 6.07) is 21.5. The molecule has 3 heterocycles. The van der Waals surface area contributed by atoms with E-state index in [2.05, 4.69) is 15.3 Å². The lowest BCUT2D eigenvalue weighted by molar-refractivity contribution is -0.120. The Morgan fingerprint density at radius 1 is 0.974 bits per heavy atom. The molecule has 0 bridgehead atoms. The maximum atomic E-state index is 13.2. The van der Waals surface area contributed by atoms with Gasteiger partial charge in [0.05, 0.1) is 20.6 Å². The molecule has 0 saturated heterocycles. The molecule has 6 rings (SSSR count). The van der Waals surface area contributed by atoms with Gasteiger partial charge < -0.3 is 24.2 Å². The molecule has 38 heavy (non-hydrogen) atoms. The second kappa shape index (κ2) is 9.94. The van der Waals surface area contributed by atoms with Crippen LogP contribution in [-0.2, 0) is 17.6 Å². The molecule has 0 saturated carbocycles. The molecular formula is C31H27N3O4. The zero-order chi connectivity index (χ0) is 26.1. The fourth-order valence-corrected chi connectivity index (χ4v) is 4.95. The lowest BCUT2D eigenvalue weighted by Crippen LogP contribution is -2.27. The van der Waals surface area contributed by atoms with Crippen molar-refractivity contribution in [3.8, 4) is 22.8 Å². The van der Waals surface area contributed by atoms with Crippen LogP contribution in [0.1, 0.15) is 11.1 Å². The maximum absolute atomic E-state index is 13.2. The minimum Gasteiger partial charge on any atom is -0.497 e. The lowest BCUT2D eigenvalue weighted by Gasteiger charge is -2.07. The van der Waals surface area contributed by atoms with E-state index in [9.17, 15) is 4.79 Å². The van der Waals surface area contributed by atoms with Crippen LogP contribution in [0, 0.1) is 0 Å². The highest BCUT2D eigenvalue weighted by molar-refractivity contribution is 6.06. The molecule has 0 spiro atoms. The van der Waals surface area contributed by atoms with E-state index in [-0.39, 0.29) is 12.3 Å². The van der Waals surface area contributed by atoms with Crippen LogP contribution in [0.3, 0.4) is 0 Å². The molecule has 3 aromatic heterocycles. The van der Waals surface area contributed by atoms with Crippen LogP contribution in [0.4, 0.5) is 0 Å². The normalized spacial score (nSPS) is 11.3. The first-order valence-corrected chi connectivity index (χ1v) is 12.5. The van der Waals surface area contributed by atoms with E-state index < -0.39 is 0 Å². The number of hydrogen-bond donors (Lipinski definition) is 2. The van der Waals surface area contributed by atoms with E-state index in [1.54, 1.807) is 20.4 Å². The SMILES string of the molecule is COc1ccc(-c2oc3c(ccc4cccnc43)c2CC(=O)NCCc2c[nH]c3ccc(OC)cc23)cc1. The Labute approximate surface area is 219 Å². The van der Waals surface area contributed by atoms with Gasteiger partial charge in [-0.15, -0.1) is 0 Å². The Morgan fingerprint density at radius 3 is 2.61 bits per heavy atom. The van der Waals surface area contributed by atoms with Gasteiger partial charge in [-0.05, 0) is 60.5 Å². The number of carbonyl (C=O) groups excluding carboxylic acids is 1. The van der Waals surface area contributed by atoms with E-state index in [1.165, 1.54) is 0 Å². The standard InChI is InChI=1S/C31H27N3O4/c1-36-22-8-5-20(6-9-22)30-26(24-11-7-19-4-3-14-33-29(19)31(24)38-30)17-28(35)32-15-13-21-18-34-27-12-10-23(37-2)16-25(21)27/h3-12,14,16,18,34H,13,15,17H2,1-2H3,(H,32,35). The third-order valence-electron chi connectivity index (χ3n) is 6.91. The van der Waals surface area contributed by atoms with Gasteiger partial charge in [0.2, 0.25) is 5.91 Å². The molecule has 0 aliphatic rings. The highest BCUT2D eigenvalue weighted by Gasteiger charge is 2.21. The number of aromatic amines is 1. The number of hydrogen-bond acceptors (Lipinski definition) is 5. The average Bonchev–Trinajstić information content (AvgIpc) is 3.54. The first kappa shape index (κ1) is 23.6. The Morgan fingerprint density at radius 2 is 1.79 bits per heavy atom. The predicted octanol–water partition coefficient (Wildman–Crippen LogP) is 6.05. The molecule has 7 nitrogen and oxygen atoms in total. The van der Waals surface area contributed by atoms with Crippen molar-refractivity contribution in [1.82, 2.24) is 15.3 Å². The number of amides is 1. The van der Waals surface area contributed by atoms with E-state index in [1.807, 2.05) is 72.9 Å². The number of pyridine rings is 1. The highest BCUT2D eigenvalue weighted by Crippen LogP contribution is 2.37. The molecule has 0 fully saturated rings. The topological polar surface area (TPSA) is 89.4 Å². The van der Waals surface area contributed by atoms with Crippen molar-refractivity contribution in [2.75, 3.05) is 20.8 Å². The van der Waals surface area contributed by atoms with E-state index in [0.717, 1.165) is 55.4 Å². The summed E-state index contributed by atoms with van der Waals surface area (Å²) in [5, 5.41) is 6.06. The van der Waals surface area contributed by atoms with Crippen LogP contribution in [0.15, 0.2) is 83.5 Å². The summed E-state index contributed by atoms with van der Waals surface area (Å²) in [4.78, 5) is 21.0. The number of rotatable bonds is 8. The summed E-state index contributed by atoms with van der Waals surface area (Å²) < 4.78 is 17.1. The predicted molar refractivity (Wildman–Crippen MR) is 149 cm³/mol.